The van der Waals surface area contributed by atoms with Crippen molar-refractivity contribution in [3.05, 3.63) is 64.3 Å². The van der Waals surface area contributed by atoms with E-state index in [2.05, 4.69) is 16.5 Å². The molecular formula is C26H26ClFN4O3S. The molecule has 1 amide bonds. The van der Waals surface area contributed by atoms with Crippen LogP contribution in [0.3, 0.4) is 0 Å². The Bertz CT molecular complexity index is 1410. The fourth-order valence-electron chi connectivity index (χ4n) is 4.95. The fraction of sp³-hybridized carbons (Fsp3) is 0.346. The molecule has 0 aliphatic carbocycles. The lowest BCUT2D eigenvalue weighted by Gasteiger charge is -2.40. The summed E-state index contributed by atoms with van der Waals surface area (Å²) in [6.07, 6.45) is 1.13. The maximum atomic E-state index is 13.7. The molecule has 3 heterocycles. The predicted octanol–water partition coefficient (Wildman–Crippen LogP) is 4.20. The summed E-state index contributed by atoms with van der Waals surface area (Å²) in [6, 6.07) is 7.97. The molecule has 2 aliphatic heterocycles. The molecule has 0 unspecified atom stereocenters. The van der Waals surface area contributed by atoms with Gasteiger partial charge in [-0.2, -0.15) is 4.98 Å². The molecule has 0 spiro atoms. The minimum atomic E-state index is -0.368. The Morgan fingerprint density at radius 2 is 2.03 bits per heavy atom. The van der Waals surface area contributed by atoms with Gasteiger partial charge >= 0.3 is 5.69 Å². The van der Waals surface area contributed by atoms with Gasteiger partial charge in [-0.1, -0.05) is 30.3 Å². The number of thioether (sulfide) groups is 1. The van der Waals surface area contributed by atoms with Gasteiger partial charge in [-0.25, -0.2) is 9.18 Å². The Morgan fingerprint density at radius 3 is 2.69 bits per heavy atom. The molecule has 188 valence electrons. The number of amides is 1. The summed E-state index contributed by atoms with van der Waals surface area (Å²) >= 11 is 8.47. The summed E-state index contributed by atoms with van der Waals surface area (Å²) in [6.45, 7) is 7.46. The molecule has 0 N–H and O–H groups in total. The minimum Gasteiger partial charge on any atom is -0.379 e. The zero-order valence-corrected chi connectivity index (χ0v) is 21.6. The van der Waals surface area contributed by atoms with E-state index in [1.165, 1.54) is 18.2 Å². The zero-order chi connectivity index (χ0) is 25.6. The smallest absolute Gasteiger partial charge is 0.350 e. The van der Waals surface area contributed by atoms with Crippen LogP contribution in [-0.4, -0.2) is 65.0 Å². The van der Waals surface area contributed by atoms with E-state index in [0.717, 1.165) is 26.9 Å². The van der Waals surface area contributed by atoms with Gasteiger partial charge in [0.2, 0.25) is 5.91 Å². The third kappa shape index (κ3) is 4.29. The number of ether oxygens (including phenoxy) is 1. The van der Waals surface area contributed by atoms with Gasteiger partial charge in [-0.15, -0.1) is 11.8 Å². The second-order valence-electron chi connectivity index (χ2n) is 8.99. The van der Waals surface area contributed by atoms with Crippen molar-refractivity contribution in [2.24, 2.45) is 0 Å². The van der Waals surface area contributed by atoms with E-state index in [1.807, 2.05) is 13.0 Å². The highest BCUT2D eigenvalue weighted by Gasteiger charge is 2.31. The lowest BCUT2D eigenvalue weighted by molar-refractivity contribution is -0.126. The zero-order valence-electron chi connectivity index (χ0n) is 20.0. The molecule has 36 heavy (non-hydrogen) atoms. The molecular weight excluding hydrogens is 503 g/mol. The van der Waals surface area contributed by atoms with E-state index >= 15 is 0 Å². The first-order valence-electron chi connectivity index (χ1n) is 11.7. The van der Waals surface area contributed by atoms with Gasteiger partial charge in [0.15, 0.2) is 0 Å². The van der Waals surface area contributed by atoms with Crippen LogP contribution in [0.2, 0.25) is 5.02 Å². The molecule has 1 saturated heterocycles. The highest BCUT2D eigenvalue weighted by molar-refractivity contribution is 7.99. The molecule has 3 aromatic rings. The average Bonchev–Trinajstić information content (AvgIpc) is 3.07. The van der Waals surface area contributed by atoms with Gasteiger partial charge in [0.1, 0.15) is 11.6 Å². The number of carbonyl (C=O) groups is 1. The van der Waals surface area contributed by atoms with Crippen molar-refractivity contribution in [3.63, 3.8) is 0 Å². The van der Waals surface area contributed by atoms with Crippen LogP contribution in [0.25, 0.3) is 22.0 Å². The number of benzene rings is 2. The molecule has 2 atom stereocenters. The van der Waals surface area contributed by atoms with E-state index in [0.29, 0.717) is 42.8 Å². The van der Waals surface area contributed by atoms with Crippen molar-refractivity contribution in [3.8, 4) is 11.1 Å². The predicted molar refractivity (Wildman–Crippen MR) is 142 cm³/mol. The summed E-state index contributed by atoms with van der Waals surface area (Å²) < 4.78 is 21.0. The number of halogens is 2. The van der Waals surface area contributed by atoms with Crippen molar-refractivity contribution in [1.29, 1.82) is 0 Å². The molecule has 2 aromatic carbocycles. The largest absolute Gasteiger partial charge is 0.379 e. The average molecular weight is 529 g/mol. The number of hydrogen-bond donors (Lipinski definition) is 0. The molecule has 2 aliphatic rings. The lowest BCUT2D eigenvalue weighted by atomic mass is 10.0. The Kier molecular flexibility index (Phi) is 6.80. The molecule has 10 heteroatoms. The Morgan fingerprint density at radius 1 is 1.28 bits per heavy atom. The number of hydrogen-bond acceptors (Lipinski definition) is 6. The number of aromatic nitrogens is 2. The first kappa shape index (κ1) is 24.8. The van der Waals surface area contributed by atoms with Gasteiger partial charge in [-0.3, -0.25) is 9.36 Å². The Balaban J connectivity index is 1.73. The third-order valence-electron chi connectivity index (χ3n) is 6.80. The number of rotatable bonds is 4. The highest BCUT2D eigenvalue weighted by Crippen LogP contribution is 2.45. The van der Waals surface area contributed by atoms with Crippen LogP contribution in [0.4, 0.5) is 10.2 Å². The second kappa shape index (κ2) is 9.88. The third-order valence-corrected chi connectivity index (χ3v) is 8.32. The summed E-state index contributed by atoms with van der Waals surface area (Å²) in [4.78, 5) is 34.8. The van der Waals surface area contributed by atoms with Crippen LogP contribution in [0.5, 0.6) is 0 Å². The number of piperazine rings is 1. The standard InChI is InChI=1S/C26H26ClFN4O3S/c1-4-21(33)30-9-10-31(15(2)12-30)25-19-11-20(27)22(16-5-7-17(28)8-6-16)24-23(19)32(26(34)29-25)13-18(35-3)14-36-24/h4-8,11,15,18H,1,9-10,12-14H2,2-3H3/t15-,18+/m0/s1. The van der Waals surface area contributed by atoms with Crippen molar-refractivity contribution in [2.75, 3.05) is 37.4 Å². The molecule has 1 aromatic heterocycles. The van der Waals surface area contributed by atoms with Gasteiger partial charge < -0.3 is 14.5 Å². The van der Waals surface area contributed by atoms with Gasteiger partial charge in [0.25, 0.3) is 0 Å². The van der Waals surface area contributed by atoms with E-state index in [9.17, 15) is 14.0 Å². The number of anilines is 1. The van der Waals surface area contributed by atoms with Crippen LogP contribution in [0.1, 0.15) is 6.92 Å². The maximum absolute atomic E-state index is 13.7. The van der Waals surface area contributed by atoms with E-state index < -0.39 is 0 Å². The second-order valence-corrected chi connectivity index (χ2v) is 10.4. The highest BCUT2D eigenvalue weighted by atomic mass is 35.5. The molecule has 0 saturated carbocycles. The molecule has 0 radical (unpaired) electrons. The van der Waals surface area contributed by atoms with Crippen molar-refractivity contribution >= 4 is 46.0 Å². The first-order chi connectivity index (χ1) is 17.3. The molecule has 7 nitrogen and oxygen atoms in total. The van der Waals surface area contributed by atoms with Crippen LogP contribution in [-0.2, 0) is 16.1 Å². The fourth-order valence-corrected chi connectivity index (χ4v) is 6.64. The quantitative estimate of drug-likeness (QED) is 0.473. The molecule has 5 rings (SSSR count). The number of nitrogens with zero attached hydrogens (tertiary/aromatic N) is 4. The van der Waals surface area contributed by atoms with Gasteiger partial charge in [0, 0.05) is 54.4 Å². The SMILES string of the molecule is C=CC(=O)N1CCN(c2nc(=O)n3c4c(c(-c5ccc(F)cc5)c(Cl)cc24)SC[C@H](OC)C3)[C@@H](C)C1. The van der Waals surface area contributed by atoms with Crippen molar-refractivity contribution < 1.29 is 13.9 Å². The van der Waals surface area contributed by atoms with Gasteiger partial charge in [0.05, 0.1) is 23.2 Å². The number of methoxy groups -OCH3 is 1. The van der Waals surface area contributed by atoms with Crippen LogP contribution >= 0.6 is 23.4 Å². The minimum absolute atomic E-state index is 0.0721. The summed E-state index contributed by atoms with van der Waals surface area (Å²) in [7, 11) is 1.63. The van der Waals surface area contributed by atoms with Crippen molar-refractivity contribution in [1.82, 2.24) is 14.5 Å². The Hall–Kier alpha value is -2.88. The summed E-state index contributed by atoms with van der Waals surface area (Å²) in [5.41, 5.74) is 1.90. The lowest BCUT2D eigenvalue weighted by Crippen LogP contribution is -2.54. The first-order valence-corrected chi connectivity index (χ1v) is 13.0. The van der Waals surface area contributed by atoms with E-state index in [4.69, 9.17) is 16.3 Å². The summed E-state index contributed by atoms with van der Waals surface area (Å²) in [5, 5.41) is 1.26. The Labute approximate surface area is 217 Å². The molecule has 0 bridgehead atoms. The van der Waals surface area contributed by atoms with E-state index in [-0.39, 0.29) is 29.6 Å². The topological polar surface area (TPSA) is 67.7 Å². The normalized spacial score (nSPS) is 19.9. The number of carbonyl (C=O) groups excluding carboxylic acids is 1. The van der Waals surface area contributed by atoms with Crippen LogP contribution in [0, 0.1) is 5.82 Å². The van der Waals surface area contributed by atoms with Crippen molar-refractivity contribution in [2.45, 2.75) is 30.5 Å². The van der Waals surface area contributed by atoms with Gasteiger partial charge in [-0.05, 0) is 36.8 Å². The monoisotopic (exact) mass is 528 g/mol. The van der Waals surface area contributed by atoms with E-state index in [1.54, 1.807) is 40.5 Å². The van der Waals surface area contributed by atoms with Crippen LogP contribution in [0.15, 0.2) is 52.7 Å². The maximum Gasteiger partial charge on any atom is 0.350 e. The molecule has 1 fully saturated rings. The summed E-state index contributed by atoms with van der Waals surface area (Å²) in [5.74, 6) is 0.724. The van der Waals surface area contributed by atoms with Crippen LogP contribution < -0.4 is 10.6 Å².